The van der Waals surface area contributed by atoms with Gasteiger partial charge in [0.15, 0.2) is 0 Å². The van der Waals surface area contributed by atoms with Crippen LogP contribution in [0.25, 0.3) is 5.69 Å². The van der Waals surface area contributed by atoms with Crippen LogP contribution in [-0.2, 0) is 22.7 Å². The number of piperidine rings is 1. The van der Waals surface area contributed by atoms with E-state index in [4.69, 9.17) is 0 Å². The summed E-state index contributed by atoms with van der Waals surface area (Å²) in [6, 6.07) is 14.4. The summed E-state index contributed by atoms with van der Waals surface area (Å²) in [5, 5.41) is 2.97. The number of amides is 2. The summed E-state index contributed by atoms with van der Waals surface area (Å²) in [7, 11) is 0. The number of carbonyl (C=O) groups excluding carboxylic acids is 2. The van der Waals surface area contributed by atoms with Crippen molar-refractivity contribution in [2.75, 3.05) is 6.54 Å². The Labute approximate surface area is 180 Å². The summed E-state index contributed by atoms with van der Waals surface area (Å²) in [5.41, 5.74) is 2.47. The summed E-state index contributed by atoms with van der Waals surface area (Å²) in [6.07, 6.45) is 4.47. The number of rotatable bonds is 6. The van der Waals surface area contributed by atoms with Crippen molar-refractivity contribution in [3.8, 4) is 5.69 Å². The molecule has 0 radical (unpaired) electrons. The average molecular weight is 420 g/mol. The highest BCUT2D eigenvalue weighted by Gasteiger charge is 2.30. The first-order valence-electron chi connectivity index (χ1n) is 10.4. The van der Waals surface area contributed by atoms with Crippen LogP contribution in [0.15, 0.2) is 60.9 Å². The third-order valence-electron chi connectivity index (χ3n) is 5.70. The van der Waals surface area contributed by atoms with E-state index in [2.05, 4.69) is 10.3 Å². The quantitative estimate of drug-likeness (QED) is 0.665. The molecule has 1 N–H and O–H groups in total. The summed E-state index contributed by atoms with van der Waals surface area (Å²) in [6.45, 7) is 2.85. The zero-order valence-electron chi connectivity index (χ0n) is 17.4. The van der Waals surface area contributed by atoms with Crippen LogP contribution in [0.4, 0.5) is 4.39 Å². The van der Waals surface area contributed by atoms with Gasteiger partial charge in [0.25, 0.3) is 0 Å². The third kappa shape index (κ3) is 4.82. The Morgan fingerprint density at radius 1 is 1.19 bits per heavy atom. The van der Waals surface area contributed by atoms with Gasteiger partial charge in [0.1, 0.15) is 11.6 Å². The van der Waals surface area contributed by atoms with Crippen LogP contribution in [0.5, 0.6) is 0 Å². The van der Waals surface area contributed by atoms with Crippen molar-refractivity contribution in [3.63, 3.8) is 0 Å². The molecule has 7 heteroatoms. The molecule has 1 atom stereocenters. The number of halogens is 1. The van der Waals surface area contributed by atoms with E-state index in [9.17, 15) is 14.0 Å². The summed E-state index contributed by atoms with van der Waals surface area (Å²) in [5.74, 6) is 0.152. The molecule has 3 aromatic rings. The summed E-state index contributed by atoms with van der Waals surface area (Å²) >= 11 is 0. The average Bonchev–Trinajstić information content (AvgIpc) is 3.21. The number of nitrogens with one attached hydrogen (secondary N) is 1. The largest absolute Gasteiger partial charge is 0.352 e. The minimum Gasteiger partial charge on any atom is -0.352 e. The molecule has 1 aliphatic heterocycles. The summed E-state index contributed by atoms with van der Waals surface area (Å²) < 4.78 is 15.9. The van der Waals surface area contributed by atoms with Gasteiger partial charge in [-0.2, -0.15) is 0 Å². The predicted octanol–water partition coefficient (Wildman–Crippen LogP) is 3.37. The van der Waals surface area contributed by atoms with E-state index < -0.39 is 0 Å². The van der Waals surface area contributed by atoms with Gasteiger partial charge in [-0.15, -0.1) is 0 Å². The first-order chi connectivity index (χ1) is 15.0. The molecule has 2 amide bonds. The standard InChI is InChI=1S/C24H25FN4O2/c1-17-26-12-13-29(17)21-9-6-18(7-10-21)14-27-24(31)20-8-11-23(30)28(16-20)15-19-4-2-3-5-22(19)25/h2-7,9-10,12-13,20H,8,11,14-16H2,1H3,(H,27,31). The Kier molecular flexibility index (Phi) is 6.11. The molecule has 0 aliphatic carbocycles. The number of carbonyl (C=O) groups is 2. The van der Waals surface area contributed by atoms with Gasteiger partial charge in [0.2, 0.25) is 11.8 Å². The molecule has 4 rings (SSSR count). The van der Waals surface area contributed by atoms with Gasteiger partial charge >= 0.3 is 0 Å². The van der Waals surface area contributed by atoms with Crippen LogP contribution in [0.1, 0.15) is 29.8 Å². The van der Waals surface area contributed by atoms with Crippen molar-refractivity contribution in [1.82, 2.24) is 19.8 Å². The van der Waals surface area contributed by atoms with E-state index in [1.807, 2.05) is 42.0 Å². The minimum atomic E-state index is -0.337. The lowest BCUT2D eigenvalue weighted by Gasteiger charge is -2.32. The monoisotopic (exact) mass is 420 g/mol. The van der Waals surface area contributed by atoms with E-state index in [0.29, 0.717) is 31.5 Å². The third-order valence-corrected chi connectivity index (χ3v) is 5.70. The van der Waals surface area contributed by atoms with Crippen LogP contribution in [0.3, 0.4) is 0 Å². The smallest absolute Gasteiger partial charge is 0.225 e. The number of benzene rings is 2. The van der Waals surface area contributed by atoms with Gasteiger partial charge in [-0.25, -0.2) is 9.37 Å². The van der Waals surface area contributed by atoms with E-state index in [1.54, 1.807) is 29.3 Å². The fourth-order valence-electron chi connectivity index (χ4n) is 3.87. The highest BCUT2D eigenvalue weighted by molar-refractivity contribution is 5.83. The molecule has 1 saturated heterocycles. The number of likely N-dealkylation sites (tertiary alicyclic amines) is 1. The molecule has 31 heavy (non-hydrogen) atoms. The van der Waals surface area contributed by atoms with Crippen LogP contribution in [0, 0.1) is 18.7 Å². The fourth-order valence-corrected chi connectivity index (χ4v) is 3.87. The Balaban J connectivity index is 1.33. The van der Waals surface area contributed by atoms with Crippen LogP contribution in [-0.4, -0.2) is 32.8 Å². The molecule has 2 aromatic carbocycles. The van der Waals surface area contributed by atoms with E-state index in [1.165, 1.54) is 6.07 Å². The number of nitrogens with zero attached hydrogens (tertiary/aromatic N) is 3. The van der Waals surface area contributed by atoms with Crippen LogP contribution < -0.4 is 5.32 Å². The normalized spacial score (nSPS) is 16.4. The van der Waals surface area contributed by atoms with Crippen LogP contribution in [0.2, 0.25) is 0 Å². The van der Waals surface area contributed by atoms with Crippen molar-refractivity contribution in [1.29, 1.82) is 0 Å². The number of aryl methyl sites for hydroxylation is 1. The predicted molar refractivity (Wildman–Crippen MR) is 115 cm³/mol. The zero-order valence-corrected chi connectivity index (χ0v) is 17.4. The second-order valence-corrected chi connectivity index (χ2v) is 7.83. The van der Waals surface area contributed by atoms with Gasteiger partial charge in [-0.1, -0.05) is 30.3 Å². The molecular weight excluding hydrogens is 395 g/mol. The molecule has 6 nitrogen and oxygen atoms in total. The molecular formula is C24H25FN4O2. The molecule has 1 unspecified atom stereocenters. The lowest BCUT2D eigenvalue weighted by molar-refractivity contribution is -0.139. The highest BCUT2D eigenvalue weighted by atomic mass is 19.1. The van der Waals surface area contributed by atoms with E-state index in [-0.39, 0.29) is 30.1 Å². The lowest BCUT2D eigenvalue weighted by atomic mass is 9.96. The number of imidazole rings is 1. The Morgan fingerprint density at radius 3 is 2.68 bits per heavy atom. The van der Waals surface area contributed by atoms with Gasteiger partial charge in [-0.05, 0) is 37.1 Å². The molecule has 0 bridgehead atoms. The molecule has 0 spiro atoms. The number of hydrogen-bond donors (Lipinski definition) is 1. The van der Waals surface area contributed by atoms with Crippen LogP contribution >= 0.6 is 0 Å². The second-order valence-electron chi connectivity index (χ2n) is 7.83. The topological polar surface area (TPSA) is 67.2 Å². The molecule has 160 valence electrons. The highest BCUT2D eigenvalue weighted by Crippen LogP contribution is 2.21. The first-order valence-corrected chi connectivity index (χ1v) is 10.4. The van der Waals surface area contributed by atoms with Crippen molar-refractivity contribution < 1.29 is 14.0 Å². The molecule has 0 saturated carbocycles. The molecule has 1 aromatic heterocycles. The Hall–Kier alpha value is -3.48. The van der Waals surface area contributed by atoms with Crippen molar-refractivity contribution in [2.24, 2.45) is 5.92 Å². The maximum absolute atomic E-state index is 14.0. The molecule has 2 heterocycles. The number of hydrogen-bond acceptors (Lipinski definition) is 3. The zero-order chi connectivity index (χ0) is 21.8. The minimum absolute atomic E-state index is 0.0438. The van der Waals surface area contributed by atoms with Crippen molar-refractivity contribution in [2.45, 2.75) is 32.9 Å². The SMILES string of the molecule is Cc1nccn1-c1ccc(CNC(=O)C2CCC(=O)N(Cc3ccccc3F)C2)cc1. The maximum Gasteiger partial charge on any atom is 0.225 e. The molecule has 1 aliphatic rings. The molecule has 1 fully saturated rings. The van der Waals surface area contributed by atoms with Gasteiger partial charge < -0.3 is 14.8 Å². The van der Waals surface area contributed by atoms with Crippen molar-refractivity contribution in [3.05, 3.63) is 83.7 Å². The fraction of sp³-hybridized carbons (Fsp3) is 0.292. The Bertz CT molecular complexity index is 1080. The van der Waals surface area contributed by atoms with E-state index in [0.717, 1.165) is 17.1 Å². The van der Waals surface area contributed by atoms with Gasteiger partial charge in [0.05, 0.1) is 5.92 Å². The first kappa shape index (κ1) is 20.8. The maximum atomic E-state index is 14.0. The second kappa shape index (κ2) is 9.12. The number of aromatic nitrogens is 2. The lowest BCUT2D eigenvalue weighted by Crippen LogP contribution is -2.45. The summed E-state index contributed by atoms with van der Waals surface area (Å²) in [4.78, 5) is 30.8. The Morgan fingerprint density at radius 2 is 1.97 bits per heavy atom. The van der Waals surface area contributed by atoms with Gasteiger partial charge in [0, 0.05) is 49.7 Å². The van der Waals surface area contributed by atoms with E-state index >= 15 is 0 Å². The van der Waals surface area contributed by atoms with Crippen molar-refractivity contribution >= 4 is 11.8 Å². The van der Waals surface area contributed by atoms with Gasteiger partial charge in [-0.3, -0.25) is 9.59 Å².